The first-order chi connectivity index (χ1) is 19.7. The standard InChI is InChI=1S/C31H43Cl2N3O5/c1-4-6-16-36(17-7-5-2)18-20-41-30(39)31(36,22-23-13-9-8-10-14-23)35-29(38)24-21-25(32)28(26(33)27(24)37)40-19-12-11-15-34-3/h8-10,13-14,21,34H,4-7,11-12,15-20,22H2,1-3H3,(H-,35,37,38)/p+1/t31-/m0/s1. The Morgan fingerprint density at radius 2 is 1.78 bits per heavy atom. The Labute approximate surface area is 253 Å². The van der Waals surface area contributed by atoms with E-state index in [1.807, 2.05) is 37.4 Å². The highest BCUT2D eigenvalue weighted by Crippen LogP contribution is 2.43. The lowest BCUT2D eigenvalue weighted by molar-refractivity contribution is -0.974. The van der Waals surface area contributed by atoms with Crippen LogP contribution in [0.3, 0.4) is 0 Å². The summed E-state index contributed by atoms with van der Waals surface area (Å²) in [6, 6.07) is 11.0. The summed E-state index contributed by atoms with van der Waals surface area (Å²) in [5.74, 6) is -1.46. The highest BCUT2D eigenvalue weighted by Gasteiger charge is 2.61. The molecule has 2 aromatic carbocycles. The lowest BCUT2D eigenvalue weighted by atomic mass is 9.91. The van der Waals surface area contributed by atoms with Crippen molar-refractivity contribution in [2.75, 3.05) is 46.4 Å². The van der Waals surface area contributed by atoms with Crippen molar-refractivity contribution in [3.8, 4) is 11.5 Å². The summed E-state index contributed by atoms with van der Waals surface area (Å²) in [6.45, 7) is 7.68. The fraction of sp³-hybridized carbons (Fsp3) is 0.548. The van der Waals surface area contributed by atoms with Crippen molar-refractivity contribution in [3.05, 3.63) is 57.6 Å². The summed E-state index contributed by atoms with van der Waals surface area (Å²) in [7, 11) is 1.88. The van der Waals surface area contributed by atoms with Crippen LogP contribution < -0.4 is 15.4 Å². The molecule has 41 heavy (non-hydrogen) atoms. The molecule has 1 fully saturated rings. The molecule has 2 aromatic rings. The summed E-state index contributed by atoms with van der Waals surface area (Å²) < 4.78 is 11.8. The van der Waals surface area contributed by atoms with Gasteiger partial charge in [-0.3, -0.25) is 14.6 Å². The molecule has 0 bridgehead atoms. The third-order valence-electron chi connectivity index (χ3n) is 7.86. The number of nitrogens with one attached hydrogen (secondary N) is 2. The van der Waals surface area contributed by atoms with Crippen molar-refractivity contribution in [1.82, 2.24) is 10.6 Å². The number of morpholine rings is 1. The van der Waals surface area contributed by atoms with E-state index in [-0.39, 0.29) is 34.4 Å². The minimum atomic E-state index is -1.41. The number of amides is 1. The van der Waals surface area contributed by atoms with Crippen LogP contribution in [0.25, 0.3) is 0 Å². The third-order valence-corrected chi connectivity index (χ3v) is 8.50. The first kappa shape index (κ1) is 33.0. The smallest absolute Gasteiger partial charge is 0.391 e. The van der Waals surface area contributed by atoms with Gasteiger partial charge in [0, 0.05) is 0 Å². The number of phenolic OH excluding ortho intramolecular Hbond substituents is 1. The van der Waals surface area contributed by atoms with E-state index in [2.05, 4.69) is 24.5 Å². The Morgan fingerprint density at radius 3 is 2.41 bits per heavy atom. The van der Waals surface area contributed by atoms with E-state index in [9.17, 15) is 14.7 Å². The number of ether oxygens (including phenoxy) is 2. The Bertz CT molecular complexity index is 1160. The molecule has 226 valence electrons. The van der Waals surface area contributed by atoms with Gasteiger partial charge in [-0.05, 0) is 50.9 Å². The lowest BCUT2D eigenvalue weighted by Gasteiger charge is -2.54. The largest absolute Gasteiger partial charge is 0.505 e. The van der Waals surface area contributed by atoms with Crippen molar-refractivity contribution in [3.63, 3.8) is 0 Å². The zero-order valence-corrected chi connectivity index (χ0v) is 26.0. The fourth-order valence-electron chi connectivity index (χ4n) is 5.53. The average Bonchev–Trinajstić information content (AvgIpc) is 2.97. The summed E-state index contributed by atoms with van der Waals surface area (Å²) in [5, 5.41) is 17.1. The highest BCUT2D eigenvalue weighted by molar-refractivity contribution is 6.39. The fourth-order valence-corrected chi connectivity index (χ4v) is 6.10. The number of cyclic esters (lactones) is 1. The molecule has 0 spiro atoms. The number of phenols is 1. The number of esters is 1. The van der Waals surface area contributed by atoms with Crippen molar-refractivity contribution >= 4 is 35.1 Å². The van der Waals surface area contributed by atoms with E-state index in [0.29, 0.717) is 30.7 Å². The van der Waals surface area contributed by atoms with Crippen LogP contribution in [0.4, 0.5) is 0 Å². The molecule has 1 aliphatic heterocycles. The number of benzene rings is 2. The van der Waals surface area contributed by atoms with Crippen LogP contribution in [-0.2, 0) is 16.0 Å². The van der Waals surface area contributed by atoms with E-state index in [1.165, 1.54) is 6.07 Å². The molecule has 1 heterocycles. The summed E-state index contributed by atoms with van der Waals surface area (Å²) >= 11 is 13.0. The minimum Gasteiger partial charge on any atom is -0.505 e. The van der Waals surface area contributed by atoms with E-state index >= 15 is 0 Å². The molecular weight excluding hydrogens is 565 g/mol. The van der Waals surface area contributed by atoms with Gasteiger partial charge in [-0.2, -0.15) is 0 Å². The lowest BCUT2D eigenvalue weighted by Crippen LogP contribution is -2.80. The van der Waals surface area contributed by atoms with Gasteiger partial charge >= 0.3 is 5.97 Å². The Balaban J connectivity index is 2.04. The molecule has 0 aromatic heterocycles. The molecule has 0 unspecified atom stereocenters. The molecule has 1 saturated heterocycles. The molecule has 0 radical (unpaired) electrons. The van der Waals surface area contributed by atoms with Gasteiger partial charge in [0.15, 0.2) is 11.5 Å². The quantitative estimate of drug-likeness (QED) is 0.128. The van der Waals surface area contributed by atoms with Gasteiger partial charge in [-0.25, -0.2) is 4.79 Å². The van der Waals surface area contributed by atoms with Crippen LogP contribution in [0.5, 0.6) is 11.5 Å². The number of rotatable bonds is 16. The van der Waals surface area contributed by atoms with Gasteiger partial charge in [0.2, 0.25) is 0 Å². The molecular formula is C31H44Cl2N3O5+. The predicted molar refractivity (Wildman–Crippen MR) is 163 cm³/mol. The number of quaternary nitrogens is 1. The Morgan fingerprint density at radius 1 is 1.10 bits per heavy atom. The molecule has 1 amide bonds. The van der Waals surface area contributed by atoms with Gasteiger partial charge in [-0.1, -0.05) is 80.2 Å². The zero-order chi connectivity index (χ0) is 29.9. The summed E-state index contributed by atoms with van der Waals surface area (Å²) in [6.07, 6.45) is 5.54. The second kappa shape index (κ2) is 15.6. The normalized spacial score (nSPS) is 18.1. The van der Waals surface area contributed by atoms with E-state index in [1.54, 1.807) is 0 Å². The maximum atomic E-state index is 14.0. The number of hydrogen-bond donors (Lipinski definition) is 3. The highest BCUT2D eigenvalue weighted by atomic mass is 35.5. The first-order valence-electron chi connectivity index (χ1n) is 14.6. The van der Waals surface area contributed by atoms with Crippen LogP contribution in [0.15, 0.2) is 36.4 Å². The van der Waals surface area contributed by atoms with Crippen LogP contribution in [0.2, 0.25) is 10.0 Å². The molecule has 8 nitrogen and oxygen atoms in total. The molecule has 1 atom stereocenters. The van der Waals surface area contributed by atoms with Crippen LogP contribution >= 0.6 is 23.2 Å². The average molecular weight is 610 g/mol. The summed E-state index contributed by atoms with van der Waals surface area (Å²) in [5.41, 5.74) is -0.642. The minimum absolute atomic E-state index is 0.104. The van der Waals surface area contributed by atoms with Gasteiger partial charge in [0.05, 0.1) is 36.7 Å². The first-order valence-corrected chi connectivity index (χ1v) is 15.4. The molecule has 0 saturated carbocycles. The number of carbonyl (C=O) groups is 2. The molecule has 10 heteroatoms. The topological polar surface area (TPSA) is 96.9 Å². The van der Waals surface area contributed by atoms with Crippen LogP contribution in [0, 0.1) is 0 Å². The zero-order valence-electron chi connectivity index (χ0n) is 24.4. The second-order valence-corrected chi connectivity index (χ2v) is 11.5. The number of hydrogen-bond acceptors (Lipinski definition) is 6. The Hall–Kier alpha value is -2.52. The molecule has 3 N–H and O–H groups in total. The SMILES string of the molecule is CCCC[N+]1(CCCC)CCOC(=O)[C@@]1(Cc1ccccc1)NC(=O)c1cc(Cl)c(OCCCCNC)c(Cl)c1O. The van der Waals surface area contributed by atoms with Crippen LogP contribution in [0.1, 0.15) is 68.3 Å². The van der Waals surface area contributed by atoms with E-state index < -0.39 is 23.3 Å². The molecule has 0 aliphatic carbocycles. The molecule has 3 rings (SSSR count). The van der Waals surface area contributed by atoms with Gasteiger partial charge in [0.25, 0.3) is 11.6 Å². The van der Waals surface area contributed by atoms with Crippen LogP contribution in [-0.4, -0.2) is 73.6 Å². The number of nitrogens with zero attached hydrogens (tertiary/aromatic N) is 1. The number of aromatic hydroxyl groups is 1. The Kier molecular flexibility index (Phi) is 12.6. The van der Waals surface area contributed by atoms with E-state index in [4.69, 9.17) is 32.7 Å². The summed E-state index contributed by atoms with van der Waals surface area (Å²) in [4.78, 5) is 27.9. The van der Waals surface area contributed by atoms with Crippen molar-refractivity contribution in [2.24, 2.45) is 0 Å². The monoisotopic (exact) mass is 608 g/mol. The van der Waals surface area contributed by atoms with Crippen molar-refractivity contribution in [1.29, 1.82) is 0 Å². The van der Waals surface area contributed by atoms with Crippen molar-refractivity contribution in [2.45, 2.75) is 64.5 Å². The van der Waals surface area contributed by atoms with Gasteiger partial charge in [-0.15, -0.1) is 0 Å². The van der Waals surface area contributed by atoms with Gasteiger partial charge in [0.1, 0.15) is 18.2 Å². The molecule has 1 aliphatic rings. The third kappa shape index (κ3) is 7.66. The number of carbonyl (C=O) groups excluding carboxylic acids is 2. The maximum absolute atomic E-state index is 14.0. The maximum Gasteiger partial charge on any atom is 0.391 e. The van der Waals surface area contributed by atoms with Gasteiger partial charge < -0.3 is 19.9 Å². The second-order valence-electron chi connectivity index (χ2n) is 10.7. The number of halogens is 2. The van der Waals surface area contributed by atoms with E-state index in [0.717, 1.165) is 50.6 Å². The van der Waals surface area contributed by atoms with Crippen molar-refractivity contribution < 1.29 is 28.7 Å². The number of unbranched alkanes of at least 4 members (excludes halogenated alkanes) is 3. The predicted octanol–water partition coefficient (Wildman–Crippen LogP) is 5.72.